The van der Waals surface area contributed by atoms with Crippen molar-refractivity contribution in [1.29, 1.82) is 0 Å². The van der Waals surface area contributed by atoms with Gasteiger partial charge in [0.05, 0.1) is 11.8 Å². The molecule has 0 N–H and O–H groups in total. The molecule has 2 fully saturated rings. The molecule has 1 aromatic rings. The van der Waals surface area contributed by atoms with E-state index >= 15 is 0 Å². The number of aryl methyl sites for hydroxylation is 1. The van der Waals surface area contributed by atoms with Gasteiger partial charge in [0.25, 0.3) is 0 Å². The highest BCUT2D eigenvalue weighted by molar-refractivity contribution is 6.01. The third-order valence-electron chi connectivity index (χ3n) is 5.24. The van der Waals surface area contributed by atoms with Gasteiger partial charge in [-0.05, 0) is 50.8 Å². The first kappa shape index (κ1) is 17.0. The first-order chi connectivity index (χ1) is 11.6. The average Bonchev–Trinajstić information content (AvgIpc) is 3.39. The van der Waals surface area contributed by atoms with E-state index in [4.69, 9.17) is 0 Å². The van der Waals surface area contributed by atoms with Crippen LogP contribution in [0.5, 0.6) is 0 Å². The van der Waals surface area contributed by atoms with Crippen LogP contribution in [0.1, 0.15) is 44.6 Å². The highest BCUT2D eigenvalue weighted by Crippen LogP contribution is 2.42. The molecule has 130 valence electrons. The normalized spacial score (nSPS) is 23.5. The van der Waals surface area contributed by atoms with Crippen molar-refractivity contribution in [3.8, 4) is 0 Å². The van der Waals surface area contributed by atoms with Crippen LogP contribution in [-0.2, 0) is 9.59 Å². The molecule has 1 aromatic carbocycles. The van der Waals surface area contributed by atoms with Crippen molar-refractivity contribution in [3.63, 3.8) is 0 Å². The number of hydrogen-bond acceptors (Lipinski definition) is 2. The summed E-state index contributed by atoms with van der Waals surface area (Å²) in [6.07, 6.45) is 5.35. The molecule has 0 radical (unpaired) electrons. The van der Waals surface area contributed by atoms with E-state index in [9.17, 15) is 9.59 Å². The van der Waals surface area contributed by atoms with Crippen LogP contribution in [0.4, 0.5) is 5.69 Å². The molecule has 1 saturated carbocycles. The minimum Gasteiger partial charge on any atom is -0.342 e. The zero-order valence-electron chi connectivity index (χ0n) is 14.8. The average molecular weight is 328 g/mol. The summed E-state index contributed by atoms with van der Waals surface area (Å²) in [6.45, 7) is 6.40. The number of likely N-dealkylation sites (tertiary alicyclic amines) is 1. The maximum Gasteiger partial charge on any atom is 0.230 e. The van der Waals surface area contributed by atoms with E-state index in [0.29, 0.717) is 6.54 Å². The van der Waals surface area contributed by atoms with Crippen LogP contribution in [0.15, 0.2) is 24.3 Å². The number of benzene rings is 1. The molecule has 2 aliphatic rings. The number of anilines is 1. The van der Waals surface area contributed by atoms with Crippen LogP contribution >= 0.6 is 0 Å². The Morgan fingerprint density at radius 1 is 1.12 bits per heavy atom. The lowest BCUT2D eigenvalue weighted by atomic mass is 10.2. The van der Waals surface area contributed by atoms with E-state index in [1.54, 1.807) is 0 Å². The number of rotatable bonds is 4. The van der Waals surface area contributed by atoms with Gasteiger partial charge in [0.2, 0.25) is 11.8 Å². The second-order valence-electron chi connectivity index (χ2n) is 7.11. The number of nitrogens with zero attached hydrogens (tertiary/aromatic N) is 2. The number of carbonyl (C=O) groups is 2. The monoisotopic (exact) mass is 328 g/mol. The predicted molar refractivity (Wildman–Crippen MR) is 95.9 cm³/mol. The van der Waals surface area contributed by atoms with Crippen LogP contribution in [-0.4, -0.2) is 36.3 Å². The standard InChI is InChI=1S/C20H28N2O2/c1-3-22(16-10-8-9-15(2)13-16)20(24)18-14-17(18)19(23)21-11-6-4-5-7-12-21/h8-10,13,17-18H,3-7,11-12,14H2,1-2H3. The van der Waals surface area contributed by atoms with Crippen LogP contribution in [0.3, 0.4) is 0 Å². The first-order valence-electron chi connectivity index (χ1n) is 9.28. The molecule has 1 aliphatic carbocycles. The van der Waals surface area contributed by atoms with Crippen molar-refractivity contribution in [2.24, 2.45) is 11.8 Å². The van der Waals surface area contributed by atoms with Crippen molar-refractivity contribution in [3.05, 3.63) is 29.8 Å². The predicted octanol–water partition coefficient (Wildman–Crippen LogP) is 3.39. The number of amides is 2. The van der Waals surface area contributed by atoms with Gasteiger partial charge in [-0.2, -0.15) is 0 Å². The lowest BCUT2D eigenvalue weighted by Gasteiger charge is -2.23. The topological polar surface area (TPSA) is 40.6 Å². The van der Waals surface area contributed by atoms with Crippen LogP contribution in [0.25, 0.3) is 0 Å². The summed E-state index contributed by atoms with van der Waals surface area (Å²) in [5, 5.41) is 0. The Balaban J connectivity index is 1.64. The van der Waals surface area contributed by atoms with Crippen molar-refractivity contribution < 1.29 is 9.59 Å². The Morgan fingerprint density at radius 2 is 1.83 bits per heavy atom. The molecule has 2 atom stereocenters. The molecule has 0 aromatic heterocycles. The molecule has 2 amide bonds. The molecule has 1 heterocycles. The number of carbonyl (C=O) groups excluding carboxylic acids is 2. The van der Waals surface area contributed by atoms with Gasteiger partial charge in [0, 0.05) is 25.3 Å². The first-order valence-corrected chi connectivity index (χ1v) is 9.28. The minimum absolute atomic E-state index is 0.0885. The maximum atomic E-state index is 12.9. The fourth-order valence-corrected chi connectivity index (χ4v) is 3.73. The van der Waals surface area contributed by atoms with Gasteiger partial charge in [-0.3, -0.25) is 9.59 Å². The van der Waals surface area contributed by atoms with Gasteiger partial charge < -0.3 is 9.80 Å². The summed E-state index contributed by atoms with van der Waals surface area (Å²) in [4.78, 5) is 29.4. The summed E-state index contributed by atoms with van der Waals surface area (Å²) in [5.41, 5.74) is 2.09. The fraction of sp³-hybridized carbons (Fsp3) is 0.600. The van der Waals surface area contributed by atoms with Gasteiger partial charge in [-0.15, -0.1) is 0 Å². The summed E-state index contributed by atoms with van der Waals surface area (Å²) in [5.74, 6) is 0.0995. The van der Waals surface area contributed by atoms with Crippen LogP contribution in [0.2, 0.25) is 0 Å². The molecule has 0 bridgehead atoms. The molecule has 0 spiro atoms. The maximum absolute atomic E-state index is 12.9. The summed E-state index contributed by atoms with van der Waals surface area (Å²) < 4.78 is 0. The molecule has 24 heavy (non-hydrogen) atoms. The van der Waals surface area contributed by atoms with Crippen molar-refractivity contribution in [2.75, 3.05) is 24.5 Å². The Kier molecular flexibility index (Phi) is 5.22. The quantitative estimate of drug-likeness (QED) is 0.850. The molecular weight excluding hydrogens is 300 g/mol. The van der Waals surface area contributed by atoms with E-state index in [2.05, 4.69) is 0 Å². The van der Waals surface area contributed by atoms with Gasteiger partial charge >= 0.3 is 0 Å². The molecule has 1 aliphatic heterocycles. The highest BCUT2D eigenvalue weighted by Gasteiger charge is 2.50. The van der Waals surface area contributed by atoms with Crippen molar-refractivity contribution >= 4 is 17.5 Å². The Morgan fingerprint density at radius 3 is 2.46 bits per heavy atom. The zero-order valence-corrected chi connectivity index (χ0v) is 14.8. The summed E-state index contributed by atoms with van der Waals surface area (Å²) in [7, 11) is 0. The van der Waals surface area contributed by atoms with Gasteiger partial charge in [-0.1, -0.05) is 25.0 Å². The SMILES string of the molecule is CCN(C(=O)C1CC1C(=O)N1CCCCCC1)c1cccc(C)c1. The van der Waals surface area contributed by atoms with E-state index < -0.39 is 0 Å². The number of hydrogen-bond donors (Lipinski definition) is 0. The largest absolute Gasteiger partial charge is 0.342 e. The van der Waals surface area contributed by atoms with E-state index in [0.717, 1.165) is 43.6 Å². The molecule has 3 rings (SSSR count). The molecule has 4 heteroatoms. The Bertz CT molecular complexity index is 605. The third-order valence-corrected chi connectivity index (χ3v) is 5.24. The molecular formula is C20H28N2O2. The smallest absolute Gasteiger partial charge is 0.230 e. The lowest BCUT2D eigenvalue weighted by Crippen LogP contribution is -2.36. The lowest BCUT2D eigenvalue weighted by molar-refractivity contribution is -0.134. The van der Waals surface area contributed by atoms with Crippen molar-refractivity contribution in [1.82, 2.24) is 4.90 Å². The second kappa shape index (κ2) is 7.37. The minimum atomic E-state index is -0.124. The third kappa shape index (κ3) is 3.63. The van der Waals surface area contributed by atoms with Gasteiger partial charge in [-0.25, -0.2) is 0 Å². The highest BCUT2D eigenvalue weighted by atomic mass is 16.2. The van der Waals surface area contributed by atoms with E-state index in [1.165, 1.54) is 12.8 Å². The van der Waals surface area contributed by atoms with Crippen LogP contribution < -0.4 is 4.90 Å². The summed E-state index contributed by atoms with van der Waals surface area (Å²) >= 11 is 0. The zero-order chi connectivity index (χ0) is 17.1. The van der Waals surface area contributed by atoms with E-state index in [1.807, 2.05) is 47.9 Å². The second-order valence-corrected chi connectivity index (χ2v) is 7.11. The fourth-order valence-electron chi connectivity index (χ4n) is 3.73. The van der Waals surface area contributed by atoms with Gasteiger partial charge in [0.1, 0.15) is 0 Å². The van der Waals surface area contributed by atoms with Gasteiger partial charge in [0.15, 0.2) is 0 Å². The Labute approximate surface area is 144 Å². The molecule has 2 unspecified atom stereocenters. The van der Waals surface area contributed by atoms with E-state index in [-0.39, 0.29) is 23.7 Å². The van der Waals surface area contributed by atoms with Crippen molar-refractivity contribution in [2.45, 2.75) is 46.0 Å². The van der Waals surface area contributed by atoms with Crippen LogP contribution in [0, 0.1) is 18.8 Å². The Hall–Kier alpha value is -1.84. The molecule has 1 saturated heterocycles. The molecule has 4 nitrogen and oxygen atoms in total. The summed E-state index contributed by atoms with van der Waals surface area (Å²) in [6, 6.07) is 8.02.